The number of aromatic nitrogens is 1. The van der Waals surface area contributed by atoms with Crippen molar-refractivity contribution in [2.45, 2.75) is 32.1 Å². The van der Waals surface area contributed by atoms with E-state index in [9.17, 15) is 8.78 Å². The molecule has 0 spiro atoms. The van der Waals surface area contributed by atoms with Crippen molar-refractivity contribution in [3.8, 4) is 0 Å². The highest BCUT2D eigenvalue weighted by atomic mass is 19.1. The molecular weight excluding hydrogens is 184 g/mol. The van der Waals surface area contributed by atoms with Crippen LogP contribution >= 0.6 is 0 Å². The molecule has 1 aliphatic carbocycles. The largest absolute Gasteiger partial charge is 0.225 e. The van der Waals surface area contributed by atoms with Gasteiger partial charge < -0.3 is 0 Å². The van der Waals surface area contributed by atoms with Crippen LogP contribution in [0, 0.1) is 17.7 Å². The lowest BCUT2D eigenvalue weighted by molar-refractivity contribution is 0.439. The lowest BCUT2D eigenvalue weighted by Crippen LogP contribution is -2.17. The first kappa shape index (κ1) is 9.56. The quantitative estimate of drug-likeness (QED) is 0.664. The zero-order valence-electron chi connectivity index (χ0n) is 8.35. The average Bonchev–Trinajstić information content (AvgIpc) is 2.90. The van der Waals surface area contributed by atoms with Gasteiger partial charge in [0.2, 0.25) is 5.95 Å². The number of halogens is 2. The second kappa shape index (κ2) is 3.01. The molecule has 0 amide bonds. The van der Waals surface area contributed by atoms with Crippen LogP contribution in [0.25, 0.3) is 0 Å². The summed E-state index contributed by atoms with van der Waals surface area (Å²) >= 11 is 0. The minimum absolute atomic E-state index is 0.154. The Balaban J connectivity index is 2.46. The van der Waals surface area contributed by atoms with Gasteiger partial charge in [0.25, 0.3) is 0 Å². The van der Waals surface area contributed by atoms with E-state index in [0.29, 0.717) is 11.5 Å². The van der Waals surface area contributed by atoms with Gasteiger partial charge in [-0.25, -0.2) is 9.37 Å². The molecule has 0 bridgehead atoms. The summed E-state index contributed by atoms with van der Waals surface area (Å²) in [6, 6.07) is 1.29. The smallest absolute Gasteiger partial charge is 0.216 e. The van der Waals surface area contributed by atoms with E-state index in [1.54, 1.807) is 0 Å². The fourth-order valence-corrected chi connectivity index (χ4v) is 2.06. The molecule has 0 radical (unpaired) electrons. The van der Waals surface area contributed by atoms with Crippen molar-refractivity contribution < 1.29 is 8.78 Å². The Morgan fingerprint density at radius 2 is 2.00 bits per heavy atom. The Morgan fingerprint density at radius 3 is 2.50 bits per heavy atom. The minimum Gasteiger partial charge on any atom is -0.225 e. The third-order valence-corrected chi connectivity index (χ3v) is 3.24. The van der Waals surface area contributed by atoms with E-state index in [2.05, 4.69) is 4.98 Å². The van der Waals surface area contributed by atoms with Crippen LogP contribution in [0.3, 0.4) is 0 Å². The molecule has 0 saturated heterocycles. The van der Waals surface area contributed by atoms with Gasteiger partial charge in [0.05, 0.1) is 6.20 Å². The Kier molecular flexibility index (Phi) is 2.05. The average molecular weight is 197 g/mol. The summed E-state index contributed by atoms with van der Waals surface area (Å²) in [6.45, 7) is 4.08. The summed E-state index contributed by atoms with van der Waals surface area (Å²) in [6.07, 6.45) is 2.80. The fraction of sp³-hybridized carbons (Fsp3) is 0.545. The van der Waals surface area contributed by atoms with Crippen LogP contribution in [-0.2, 0) is 5.41 Å². The monoisotopic (exact) mass is 197 g/mol. The Hall–Kier alpha value is -0.990. The maximum absolute atomic E-state index is 13.4. The molecule has 2 rings (SSSR count). The van der Waals surface area contributed by atoms with Gasteiger partial charge in [0, 0.05) is 11.0 Å². The van der Waals surface area contributed by atoms with Crippen LogP contribution in [0.5, 0.6) is 0 Å². The van der Waals surface area contributed by atoms with E-state index in [1.807, 2.05) is 13.8 Å². The van der Waals surface area contributed by atoms with Gasteiger partial charge in [-0.2, -0.15) is 4.39 Å². The third-order valence-electron chi connectivity index (χ3n) is 3.24. The highest BCUT2D eigenvalue weighted by Gasteiger charge is 2.48. The van der Waals surface area contributed by atoms with E-state index in [1.165, 1.54) is 6.07 Å². The number of hydrogen-bond donors (Lipinski definition) is 0. The molecule has 3 heteroatoms. The fourth-order valence-electron chi connectivity index (χ4n) is 2.06. The van der Waals surface area contributed by atoms with Crippen LogP contribution in [0.4, 0.5) is 8.78 Å². The Morgan fingerprint density at radius 1 is 1.36 bits per heavy atom. The van der Waals surface area contributed by atoms with Gasteiger partial charge >= 0.3 is 0 Å². The van der Waals surface area contributed by atoms with Gasteiger partial charge in [0.1, 0.15) is 5.82 Å². The van der Waals surface area contributed by atoms with Gasteiger partial charge in [-0.15, -0.1) is 0 Å². The molecule has 1 fully saturated rings. The van der Waals surface area contributed by atoms with Gasteiger partial charge in [-0.1, -0.05) is 13.8 Å². The molecule has 1 aliphatic rings. The van der Waals surface area contributed by atoms with Crippen LogP contribution in [0.15, 0.2) is 12.3 Å². The Labute approximate surface area is 82.2 Å². The normalized spacial score (nSPS) is 18.6. The van der Waals surface area contributed by atoms with Crippen molar-refractivity contribution in [2.24, 2.45) is 5.92 Å². The zero-order valence-corrected chi connectivity index (χ0v) is 8.35. The molecule has 14 heavy (non-hydrogen) atoms. The van der Waals surface area contributed by atoms with E-state index >= 15 is 0 Å². The summed E-state index contributed by atoms with van der Waals surface area (Å²) in [7, 11) is 0. The Bertz CT molecular complexity index is 356. The first-order chi connectivity index (χ1) is 6.56. The third kappa shape index (κ3) is 1.31. The van der Waals surface area contributed by atoms with Crippen molar-refractivity contribution in [2.75, 3.05) is 0 Å². The van der Waals surface area contributed by atoms with Crippen molar-refractivity contribution in [1.82, 2.24) is 4.98 Å². The van der Waals surface area contributed by atoms with Crippen LogP contribution in [-0.4, -0.2) is 4.98 Å². The SMILES string of the molecule is CC(C)C1(c2cc(F)cnc2F)CC1. The first-order valence-electron chi connectivity index (χ1n) is 4.88. The number of pyridine rings is 1. The van der Waals surface area contributed by atoms with Crippen molar-refractivity contribution in [3.63, 3.8) is 0 Å². The molecule has 76 valence electrons. The second-order valence-corrected chi connectivity index (χ2v) is 4.30. The summed E-state index contributed by atoms with van der Waals surface area (Å²) in [5.74, 6) is -0.633. The predicted molar refractivity (Wildman–Crippen MR) is 49.9 cm³/mol. The molecule has 0 aromatic carbocycles. The topological polar surface area (TPSA) is 12.9 Å². The highest BCUT2D eigenvalue weighted by molar-refractivity contribution is 5.30. The number of hydrogen-bond acceptors (Lipinski definition) is 1. The summed E-state index contributed by atoms with van der Waals surface area (Å²) < 4.78 is 26.3. The molecule has 1 aromatic heterocycles. The van der Waals surface area contributed by atoms with Crippen LogP contribution < -0.4 is 0 Å². The van der Waals surface area contributed by atoms with Crippen molar-refractivity contribution in [1.29, 1.82) is 0 Å². The molecule has 1 saturated carbocycles. The molecule has 0 atom stereocenters. The number of nitrogens with zero attached hydrogens (tertiary/aromatic N) is 1. The van der Waals surface area contributed by atoms with E-state index in [-0.39, 0.29) is 5.41 Å². The zero-order chi connectivity index (χ0) is 10.3. The summed E-state index contributed by atoms with van der Waals surface area (Å²) in [5.41, 5.74) is 0.298. The van der Waals surface area contributed by atoms with Gasteiger partial charge in [0.15, 0.2) is 0 Å². The van der Waals surface area contributed by atoms with Crippen LogP contribution in [0.2, 0.25) is 0 Å². The highest BCUT2D eigenvalue weighted by Crippen LogP contribution is 2.54. The van der Waals surface area contributed by atoms with Crippen molar-refractivity contribution >= 4 is 0 Å². The van der Waals surface area contributed by atoms with E-state index in [0.717, 1.165) is 19.0 Å². The maximum Gasteiger partial charge on any atom is 0.216 e. The van der Waals surface area contributed by atoms with Crippen LogP contribution in [0.1, 0.15) is 32.3 Å². The molecule has 1 nitrogen and oxygen atoms in total. The standard InChI is InChI=1S/C11H13F2N/c1-7(2)11(3-4-11)9-5-8(12)6-14-10(9)13/h5-7H,3-4H2,1-2H3. The first-order valence-corrected chi connectivity index (χ1v) is 4.88. The molecule has 1 heterocycles. The molecule has 0 aliphatic heterocycles. The van der Waals surface area contributed by atoms with Gasteiger partial charge in [-0.3, -0.25) is 0 Å². The lowest BCUT2D eigenvalue weighted by atomic mass is 9.86. The molecule has 0 unspecified atom stereocenters. The number of rotatable bonds is 2. The van der Waals surface area contributed by atoms with Gasteiger partial charge in [-0.05, 0) is 24.8 Å². The predicted octanol–water partition coefficient (Wildman–Crippen LogP) is 3.05. The minimum atomic E-state index is -0.516. The lowest BCUT2D eigenvalue weighted by Gasteiger charge is -2.19. The molecule has 1 aromatic rings. The molecular formula is C11H13F2N. The summed E-state index contributed by atoms with van der Waals surface area (Å²) in [5, 5.41) is 0. The molecule has 0 N–H and O–H groups in total. The van der Waals surface area contributed by atoms with Crippen molar-refractivity contribution in [3.05, 3.63) is 29.6 Å². The van der Waals surface area contributed by atoms with E-state index < -0.39 is 11.8 Å². The second-order valence-electron chi connectivity index (χ2n) is 4.30. The van der Waals surface area contributed by atoms with E-state index in [4.69, 9.17) is 0 Å². The summed E-state index contributed by atoms with van der Waals surface area (Å²) in [4.78, 5) is 3.43. The maximum atomic E-state index is 13.4.